The Balaban J connectivity index is 1.37. The van der Waals surface area contributed by atoms with Crippen molar-refractivity contribution < 1.29 is 14.4 Å². The molecule has 0 aliphatic carbocycles. The highest BCUT2D eigenvalue weighted by Crippen LogP contribution is 2.27. The summed E-state index contributed by atoms with van der Waals surface area (Å²) in [6, 6.07) is 9.94. The van der Waals surface area contributed by atoms with Crippen LogP contribution in [0.25, 0.3) is 0 Å². The van der Waals surface area contributed by atoms with Gasteiger partial charge >= 0.3 is 6.03 Å². The maximum Gasteiger partial charge on any atom is 0.324 e. The molecule has 0 saturated heterocycles. The first kappa shape index (κ1) is 17.9. The van der Waals surface area contributed by atoms with E-state index in [1.54, 1.807) is 30.3 Å². The molecular formula is C19H17N5O3S. The van der Waals surface area contributed by atoms with Crippen molar-refractivity contribution in [2.24, 2.45) is 0 Å². The monoisotopic (exact) mass is 395 g/mol. The summed E-state index contributed by atoms with van der Waals surface area (Å²) >= 11 is 1.54. The van der Waals surface area contributed by atoms with Crippen LogP contribution in [0.3, 0.4) is 0 Å². The number of urea groups is 1. The summed E-state index contributed by atoms with van der Waals surface area (Å²) in [5.74, 6) is -0.132. The van der Waals surface area contributed by atoms with Gasteiger partial charge in [0, 0.05) is 11.1 Å². The molecule has 0 saturated carbocycles. The van der Waals surface area contributed by atoms with Crippen LogP contribution < -0.4 is 10.6 Å². The Morgan fingerprint density at radius 3 is 2.71 bits per heavy atom. The SMILES string of the molecule is O=C(Cc1ccsc1)Nc1[nH]nc2c1CN(C(=O)NC(=O)c1ccccc1)C2. The number of anilines is 1. The number of thiophene rings is 1. The normalized spacial score (nSPS) is 12.5. The van der Waals surface area contributed by atoms with Crippen LogP contribution in [0.15, 0.2) is 47.2 Å². The van der Waals surface area contributed by atoms with Gasteiger partial charge < -0.3 is 10.2 Å². The summed E-state index contributed by atoms with van der Waals surface area (Å²) in [6.07, 6.45) is 0.271. The van der Waals surface area contributed by atoms with Crippen molar-refractivity contribution in [2.75, 3.05) is 5.32 Å². The molecule has 0 fully saturated rings. The van der Waals surface area contributed by atoms with Gasteiger partial charge in [-0.25, -0.2) is 4.79 Å². The van der Waals surface area contributed by atoms with E-state index < -0.39 is 11.9 Å². The van der Waals surface area contributed by atoms with Gasteiger partial charge in [-0.1, -0.05) is 18.2 Å². The summed E-state index contributed by atoms with van der Waals surface area (Å²) in [7, 11) is 0. The van der Waals surface area contributed by atoms with Crippen molar-refractivity contribution in [3.63, 3.8) is 0 Å². The second-order valence-corrected chi connectivity index (χ2v) is 7.14. The van der Waals surface area contributed by atoms with Crippen molar-refractivity contribution in [1.82, 2.24) is 20.4 Å². The van der Waals surface area contributed by atoms with Gasteiger partial charge in [0.25, 0.3) is 5.91 Å². The van der Waals surface area contributed by atoms with Gasteiger partial charge in [-0.05, 0) is 34.5 Å². The Kier molecular flexibility index (Phi) is 4.90. The molecule has 28 heavy (non-hydrogen) atoms. The molecule has 3 heterocycles. The first-order valence-corrected chi connectivity index (χ1v) is 9.57. The molecule has 142 valence electrons. The van der Waals surface area contributed by atoms with E-state index in [0.717, 1.165) is 11.1 Å². The lowest BCUT2D eigenvalue weighted by atomic mass is 10.2. The quantitative estimate of drug-likeness (QED) is 0.631. The van der Waals surface area contributed by atoms with Gasteiger partial charge in [-0.2, -0.15) is 16.4 Å². The summed E-state index contributed by atoms with van der Waals surface area (Å²) in [6.45, 7) is 0.522. The minimum absolute atomic E-state index is 0.160. The smallest absolute Gasteiger partial charge is 0.314 e. The molecule has 0 atom stereocenters. The van der Waals surface area contributed by atoms with E-state index in [1.165, 1.54) is 16.2 Å². The van der Waals surface area contributed by atoms with Crippen LogP contribution in [-0.2, 0) is 24.3 Å². The van der Waals surface area contributed by atoms with Crippen LogP contribution in [0.5, 0.6) is 0 Å². The molecule has 3 N–H and O–H groups in total. The number of benzene rings is 1. The number of H-pyrrole nitrogens is 1. The van der Waals surface area contributed by atoms with Crippen LogP contribution in [0.4, 0.5) is 10.6 Å². The highest BCUT2D eigenvalue weighted by molar-refractivity contribution is 7.08. The number of nitrogens with one attached hydrogen (secondary N) is 3. The van der Waals surface area contributed by atoms with Crippen molar-refractivity contribution in [2.45, 2.75) is 19.5 Å². The maximum atomic E-state index is 12.4. The lowest BCUT2D eigenvalue weighted by Gasteiger charge is -2.16. The van der Waals surface area contributed by atoms with Gasteiger partial charge in [-0.3, -0.25) is 20.0 Å². The molecule has 1 aromatic carbocycles. The minimum atomic E-state index is -0.498. The zero-order chi connectivity index (χ0) is 19.5. The van der Waals surface area contributed by atoms with Crippen LogP contribution in [-0.4, -0.2) is 32.9 Å². The van der Waals surface area contributed by atoms with Gasteiger partial charge in [0.15, 0.2) is 0 Å². The molecule has 9 heteroatoms. The van der Waals surface area contributed by atoms with Gasteiger partial charge in [0.2, 0.25) is 5.91 Å². The fourth-order valence-corrected chi connectivity index (χ4v) is 3.65. The molecule has 1 aliphatic rings. The topological polar surface area (TPSA) is 107 Å². The Morgan fingerprint density at radius 2 is 1.96 bits per heavy atom. The van der Waals surface area contributed by atoms with Crippen LogP contribution >= 0.6 is 11.3 Å². The third-order valence-electron chi connectivity index (χ3n) is 4.40. The van der Waals surface area contributed by atoms with E-state index in [1.807, 2.05) is 16.8 Å². The van der Waals surface area contributed by atoms with Gasteiger partial charge in [-0.15, -0.1) is 0 Å². The Hall–Kier alpha value is -3.46. The van der Waals surface area contributed by atoms with E-state index in [2.05, 4.69) is 20.8 Å². The van der Waals surface area contributed by atoms with Crippen LogP contribution in [0, 0.1) is 0 Å². The molecule has 0 radical (unpaired) electrons. The fourth-order valence-electron chi connectivity index (χ4n) is 2.98. The van der Waals surface area contributed by atoms with E-state index >= 15 is 0 Å². The van der Waals surface area contributed by atoms with Gasteiger partial charge in [0.05, 0.1) is 25.2 Å². The predicted octanol–water partition coefficient (Wildman–Crippen LogP) is 2.52. The molecule has 0 bridgehead atoms. The zero-order valence-corrected chi connectivity index (χ0v) is 15.6. The first-order chi connectivity index (χ1) is 13.6. The summed E-state index contributed by atoms with van der Waals surface area (Å²) in [4.78, 5) is 38.2. The number of hydrogen-bond donors (Lipinski definition) is 3. The van der Waals surface area contributed by atoms with E-state index in [4.69, 9.17) is 0 Å². The number of rotatable bonds is 4. The largest absolute Gasteiger partial charge is 0.324 e. The molecule has 4 rings (SSSR count). The second kappa shape index (κ2) is 7.65. The highest BCUT2D eigenvalue weighted by Gasteiger charge is 2.30. The molecular weight excluding hydrogens is 378 g/mol. The average Bonchev–Trinajstić information content (AvgIpc) is 3.41. The predicted molar refractivity (Wildman–Crippen MR) is 104 cm³/mol. The fraction of sp³-hybridized carbons (Fsp3) is 0.158. The lowest BCUT2D eigenvalue weighted by Crippen LogP contribution is -2.40. The Labute approximate surface area is 164 Å². The van der Waals surface area contributed by atoms with Crippen molar-refractivity contribution in [3.8, 4) is 0 Å². The molecule has 3 aromatic rings. The third-order valence-corrected chi connectivity index (χ3v) is 5.13. The van der Waals surface area contributed by atoms with Crippen molar-refractivity contribution in [3.05, 3.63) is 69.5 Å². The van der Waals surface area contributed by atoms with Gasteiger partial charge in [0.1, 0.15) is 5.82 Å². The number of carbonyl (C=O) groups is 3. The van der Waals surface area contributed by atoms with E-state index in [-0.39, 0.29) is 25.4 Å². The van der Waals surface area contributed by atoms with Crippen molar-refractivity contribution >= 4 is 35.0 Å². The van der Waals surface area contributed by atoms with E-state index in [9.17, 15) is 14.4 Å². The molecule has 0 spiro atoms. The van der Waals surface area contributed by atoms with Crippen molar-refractivity contribution in [1.29, 1.82) is 0 Å². The number of aromatic amines is 1. The Bertz CT molecular complexity index is 1010. The number of imide groups is 1. The Morgan fingerprint density at radius 1 is 1.14 bits per heavy atom. The molecule has 2 aromatic heterocycles. The summed E-state index contributed by atoms with van der Waals surface area (Å²) in [5.41, 5.74) is 2.78. The number of hydrogen-bond acceptors (Lipinski definition) is 5. The van der Waals surface area contributed by atoms with E-state index in [0.29, 0.717) is 17.1 Å². The number of fused-ring (bicyclic) bond motifs is 1. The first-order valence-electron chi connectivity index (χ1n) is 8.62. The lowest BCUT2D eigenvalue weighted by molar-refractivity contribution is -0.115. The average molecular weight is 395 g/mol. The summed E-state index contributed by atoms with van der Waals surface area (Å²) < 4.78 is 0. The molecule has 8 nitrogen and oxygen atoms in total. The minimum Gasteiger partial charge on any atom is -0.314 e. The number of nitrogens with zero attached hydrogens (tertiary/aromatic N) is 2. The number of carbonyl (C=O) groups excluding carboxylic acids is 3. The number of amides is 4. The maximum absolute atomic E-state index is 12.4. The number of aromatic nitrogens is 2. The molecule has 4 amide bonds. The zero-order valence-electron chi connectivity index (χ0n) is 14.8. The summed E-state index contributed by atoms with van der Waals surface area (Å²) in [5, 5.41) is 16.0. The highest BCUT2D eigenvalue weighted by atomic mass is 32.1. The second-order valence-electron chi connectivity index (χ2n) is 6.36. The molecule has 0 unspecified atom stereocenters. The van der Waals surface area contributed by atoms with Crippen LogP contribution in [0.2, 0.25) is 0 Å². The van der Waals surface area contributed by atoms with Crippen LogP contribution in [0.1, 0.15) is 27.2 Å². The molecule has 1 aliphatic heterocycles. The third kappa shape index (κ3) is 3.79. The standard InChI is InChI=1S/C19H17N5O3S/c25-16(8-12-6-7-28-11-12)20-17-14-9-24(10-15(14)22-23-17)19(27)21-18(26)13-4-2-1-3-5-13/h1-7,11H,8-10H2,(H,21,26,27)(H2,20,22,23,25).